The Bertz CT molecular complexity index is 508. The molecule has 0 aliphatic heterocycles. The first-order valence-electron chi connectivity index (χ1n) is 6.12. The van der Waals surface area contributed by atoms with Crippen molar-refractivity contribution < 1.29 is 4.74 Å². The van der Waals surface area contributed by atoms with Gasteiger partial charge in [0.2, 0.25) is 0 Å². The number of allylic oxidation sites excluding steroid dienone is 1. The summed E-state index contributed by atoms with van der Waals surface area (Å²) in [6.45, 7) is 4.16. The minimum atomic E-state index is 0.158. The Morgan fingerprint density at radius 3 is 2.65 bits per heavy atom. The van der Waals surface area contributed by atoms with E-state index in [2.05, 4.69) is 37.3 Å². The molecule has 2 aromatic carbocycles. The van der Waals surface area contributed by atoms with E-state index >= 15 is 0 Å². The van der Waals surface area contributed by atoms with E-state index in [0.717, 1.165) is 12.2 Å². The second-order valence-corrected chi connectivity index (χ2v) is 4.07. The summed E-state index contributed by atoms with van der Waals surface area (Å²) in [6.07, 6.45) is 5.28. The van der Waals surface area contributed by atoms with E-state index in [-0.39, 0.29) is 6.10 Å². The lowest BCUT2D eigenvalue weighted by Gasteiger charge is -2.15. The molecule has 1 nitrogen and oxygen atoms in total. The molecule has 0 saturated heterocycles. The molecular formula is C16H18O. The molecule has 1 heteroatoms. The molecule has 0 heterocycles. The molecule has 0 radical (unpaired) electrons. The van der Waals surface area contributed by atoms with Gasteiger partial charge >= 0.3 is 0 Å². The average molecular weight is 226 g/mol. The van der Waals surface area contributed by atoms with E-state index in [0.29, 0.717) is 0 Å². The van der Waals surface area contributed by atoms with E-state index in [1.165, 1.54) is 10.8 Å². The van der Waals surface area contributed by atoms with Crippen LogP contribution in [-0.4, -0.2) is 6.10 Å². The smallest absolute Gasteiger partial charge is 0.128 e. The lowest BCUT2D eigenvalue weighted by atomic mass is 10.1. The van der Waals surface area contributed by atoms with Crippen molar-refractivity contribution in [2.75, 3.05) is 0 Å². The Hall–Kier alpha value is -1.76. The molecule has 88 valence electrons. The fourth-order valence-electron chi connectivity index (χ4n) is 1.93. The van der Waals surface area contributed by atoms with Crippen LogP contribution >= 0.6 is 0 Å². The third-order valence-corrected chi connectivity index (χ3v) is 2.84. The predicted octanol–water partition coefficient (Wildman–Crippen LogP) is 4.57. The zero-order valence-electron chi connectivity index (χ0n) is 10.4. The molecule has 2 aromatic rings. The van der Waals surface area contributed by atoms with Crippen molar-refractivity contribution in [2.24, 2.45) is 0 Å². The number of hydrogen-bond donors (Lipinski definition) is 0. The highest BCUT2D eigenvalue weighted by molar-refractivity contribution is 5.88. The zero-order chi connectivity index (χ0) is 12.1. The van der Waals surface area contributed by atoms with E-state index in [1.807, 2.05) is 31.2 Å². The third kappa shape index (κ3) is 2.68. The van der Waals surface area contributed by atoms with E-state index < -0.39 is 0 Å². The Balaban J connectivity index is 2.35. The maximum Gasteiger partial charge on any atom is 0.128 e. The number of fused-ring (bicyclic) bond motifs is 1. The maximum atomic E-state index is 6.03. The first-order chi connectivity index (χ1) is 8.35. The molecule has 0 amide bonds. The zero-order valence-corrected chi connectivity index (χ0v) is 10.4. The highest BCUT2D eigenvalue weighted by Gasteiger charge is 2.06. The second kappa shape index (κ2) is 5.53. The van der Waals surface area contributed by atoms with Gasteiger partial charge in [-0.2, -0.15) is 0 Å². The summed E-state index contributed by atoms with van der Waals surface area (Å²) < 4.78 is 6.03. The summed E-state index contributed by atoms with van der Waals surface area (Å²) in [5, 5.41) is 2.40. The van der Waals surface area contributed by atoms with Crippen molar-refractivity contribution in [3.8, 4) is 5.75 Å². The summed E-state index contributed by atoms with van der Waals surface area (Å²) in [5.41, 5.74) is 0. The summed E-state index contributed by atoms with van der Waals surface area (Å²) in [4.78, 5) is 0. The molecule has 0 aromatic heterocycles. The van der Waals surface area contributed by atoms with Crippen LogP contribution in [0.1, 0.15) is 20.3 Å². The first kappa shape index (κ1) is 11.7. The van der Waals surface area contributed by atoms with E-state index in [1.54, 1.807) is 0 Å². The average Bonchev–Trinajstić information content (AvgIpc) is 2.38. The molecule has 0 aliphatic carbocycles. The van der Waals surface area contributed by atoms with Crippen molar-refractivity contribution in [1.29, 1.82) is 0 Å². The van der Waals surface area contributed by atoms with Crippen molar-refractivity contribution in [3.63, 3.8) is 0 Å². The lowest BCUT2D eigenvalue weighted by Crippen LogP contribution is -2.11. The maximum absolute atomic E-state index is 6.03. The molecule has 0 fully saturated rings. The van der Waals surface area contributed by atoms with Gasteiger partial charge in [-0.1, -0.05) is 49.4 Å². The predicted molar refractivity (Wildman–Crippen MR) is 73.5 cm³/mol. The first-order valence-corrected chi connectivity index (χ1v) is 6.12. The van der Waals surface area contributed by atoms with Crippen LogP contribution in [0.4, 0.5) is 0 Å². The van der Waals surface area contributed by atoms with E-state index in [9.17, 15) is 0 Å². The fourth-order valence-corrected chi connectivity index (χ4v) is 1.93. The van der Waals surface area contributed by atoms with Gasteiger partial charge in [0.1, 0.15) is 11.9 Å². The molecule has 17 heavy (non-hydrogen) atoms. The van der Waals surface area contributed by atoms with Crippen molar-refractivity contribution in [1.82, 2.24) is 0 Å². The van der Waals surface area contributed by atoms with Gasteiger partial charge in [-0.25, -0.2) is 0 Å². The van der Waals surface area contributed by atoms with Gasteiger partial charge < -0.3 is 4.74 Å². The van der Waals surface area contributed by atoms with Crippen LogP contribution < -0.4 is 4.74 Å². The highest BCUT2D eigenvalue weighted by Crippen LogP contribution is 2.26. The van der Waals surface area contributed by atoms with Crippen LogP contribution in [0.5, 0.6) is 5.75 Å². The largest absolute Gasteiger partial charge is 0.486 e. The van der Waals surface area contributed by atoms with Crippen molar-refractivity contribution in [2.45, 2.75) is 26.4 Å². The Labute approximate surface area is 103 Å². The van der Waals surface area contributed by atoms with Crippen LogP contribution in [0.3, 0.4) is 0 Å². The molecular weight excluding hydrogens is 208 g/mol. The molecule has 0 aliphatic rings. The van der Waals surface area contributed by atoms with Crippen LogP contribution in [0.2, 0.25) is 0 Å². The Kier molecular flexibility index (Phi) is 3.81. The van der Waals surface area contributed by atoms with Gasteiger partial charge in [-0.3, -0.25) is 0 Å². The molecule has 0 N–H and O–H groups in total. The summed E-state index contributed by atoms with van der Waals surface area (Å²) >= 11 is 0. The number of hydrogen-bond acceptors (Lipinski definition) is 1. The van der Waals surface area contributed by atoms with Crippen molar-refractivity contribution >= 4 is 10.8 Å². The van der Waals surface area contributed by atoms with Gasteiger partial charge in [-0.15, -0.1) is 0 Å². The normalized spacial score (nSPS) is 13.1. The molecule has 0 bridgehead atoms. The molecule has 1 unspecified atom stereocenters. The lowest BCUT2D eigenvalue weighted by molar-refractivity contribution is 0.248. The molecule has 0 spiro atoms. The van der Waals surface area contributed by atoms with Crippen LogP contribution in [0.25, 0.3) is 10.8 Å². The van der Waals surface area contributed by atoms with Crippen LogP contribution in [0, 0.1) is 0 Å². The van der Waals surface area contributed by atoms with Gasteiger partial charge in [-0.05, 0) is 30.9 Å². The standard InChI is InChI=1S/C16H18O/c1-3-8-14(4-2)17-16-12-7-10-13-9-5-6-11-15(13)16/h3,5-12,14H,4H2,1-2H3/b8-3+. The van der Waals surface area contributed by atoms with E-state index in [4.69, 9.17) is 4.74 Å². The molecule has 2 rings (SSSR count). The Morgan fingerprint density at radius 2 is 1.88 bits per heavy atom. The molecule has 0 saturated carbocycles. The summed E-state index contributed by atoms with van der Waals surface area (Å²) in [5.74, 6) is 0.966. The van der Waals surface area contributed by atoms with Gasteiger partial charge in [0.15, 0.2) is 0 Å². The monoisotopic (exact) mass is 226 g/mol. The topological polar surface area (TPSA) is 9.23 Å². The summed E-state index contributed by atoms with van der Waals surface area (Å²) in [6, 6.07) is 14.5. The second-order valence-electron chi connectivity index (χ2n) is 4.07. The quantitative estimate of drug-likeness (QED) is 0.694. The minimum absolute atomic E-state index is 0.158. The van der Waals surface area contributed by atoms with Gasteiger partial charge in [0, 0.05) is 5.39 Å². The highest BCUT2D eigenvalue weighted by atomic mass is 16.5. The number of rotatable bonds is 4. The third-order valence-electron chi connectivity index (χ3n) is 2.84. The van der Waals surface area contributed by atoms with Crippen LogP contribution in [-0.2, 0) is 0 Å². The number of ether oxygens (including phenoxy) is 1. The molecule has 1 atom stereocenters. The number of benzene rings is 2. The SMILES string of the molecule is C/C=C/C(CC)Oc1cccc2ccccc12. The fraction of sp³-hybridized carbons (Fsp3) is 0.250. The van der Waals surface area contributed by atoms with Gasteiger partial charge in [0.05, 0.1) is 0 Å². The Morgan fingerprint density at radius 1 is 1.12 bits per heavy atom. The minimum Gasteiger partial charge on any atom is -0.486 e. The summed E-state index contributed by atoms with van der Waals surface area (Å²) in [7, 11) is 0. The van der Waals surface area contributed by atoms with Crippen molar-refractivity contribution in [3.05, 3.63) is 54.6 Å². The van der Waals surface area contributed by atoms with Crippen LogP contribution in [0.15, 0.2) is 54.6 Å². The van der Waals surface area contributed by atoms with Gasteiger partial charge in [0.25, 0.3) is 0 Å².